The lowest BCUT2D eigenvalue weighted by Gasteiger charge is -2.22. The average Bonchev–Trinajstić information content (AvgIpc) is 2.28. The van der Waals surface area contributed by atoms with Gasteiger partial charge in [-0.2, -0.15) is 0 Å². The first-order valence-corrected chi connectivity index (χ1v) is 6.06. The molecule has 2 N–H and O–H groups in total. The minimum atomic E-state index is 0.150. The van der Waals surface area contributed by atoms with Crippen LogP contribution in [0.5, 0.6) is 0 Å². The molecule has 17 heavy (non-hydrogen) atoms. The van der Waals surface area contributed by atoms with Crippen molar-refractivity contribution in [2.75, 3.05) is 6.54 Å². The highest BCUT2D eigenvalue weighted by atomic mass is 14.7. The number of pyridine rings is 1. The van der Waals surface area contributed by atoms with Gasteiger partial charge in [0.1, 0.15) is 0 Å². The zero-order valence-corrected chi connectivity index (χ0v) is 10.8. The molecule has 0 aliphatic carbocycles. The maximum atomic E-state index is 5.78. The summed E-state index contributed by atoms with van der Waals surface area (Å²) in [6.45, 7) is 7.12. The molecule has 1 heterocycles. The molecule has 0 bridgehead atoms. The van der Waals surface area contributed by atoms with Crippen molar-refractivity contribution in [3.63, 3.8) is 0 Å². The predicted molar refractivity (Wildman–Crippen MR) is 73.0 cm³/mol. The molecule has 2 nitrogen and oxygen atoms in total. The molecule has 1 aromatic carbocycles. The minimum absolute atomic E-state index is 0.150. The maximum absolute atomic E-state index is 5.78. The van der Waals surface area contributed by atoms with Crippen molar-refractivity contribution in [3.8, 4) is 0 Å². The largest absolute Gasteiger partial charge is 0.330 e. The molecule has 0 aliphatic heterocycles. The van der Waals surface area contributed by atoms with E-state index in [0.29, 0.717) is 6.54 Å². The number of nitrogens with zero attached hydrogens (tertiary/aromatic N) is 1. The van der Waals surface area contributed by atoms with E-state index in [9.17, 15) is 0 Å². The van der Waals surface area contributed by atoms with Crippen LogP contribution in [0.4, 0.5) is 0 Å². The topological polar surface area (TPSA) is 38.9 Å². The fourth-order valence-electron chi connectivity index (χ4n) is 2.00. The van der Waals surface area contributed by atoms with E-state index in [1.54, 1.807) is 0 Å². The smallest absolute Gasteiger partial charge is 0.0707 e. The van der Waals surface area contributed by atoms with Crippen LogP contribution < -0.4 is 5.73 Å². The molecule has 0 fully saturated rings. The van der Waals surface area contributed by atoms with Gasteiger partial charge >= 0.3 is 0 Å². The van der Waals surface area contributed by atoms with Gasteiger partial charge in [0.25, 0.3) is 0 Å². The fraction of sp³-hybridized carbons (Fsp3) is 0.400. The molecule has 2 aromatic rings. The Hall–Kier alpha value is -1.41. The molecule has 0 radical (unpaired) electrons. The number of hydrogen-bond acceptors (Lipinski definition) is 2. The predicted octanol–water partition coefficient (Wildman–Crippen LogP) is 3.07. The summed E-state index contributed by atoms with van der Waals surface area (Å²) in [7, 11) is 0. The van der Waals surface area contributed by atoms with E-state index in [4.69, 9.17) is 5.73 Å². The zero-order chi connectivity index (χ0) is 12.5. The Morgan fingerprint density at radius 1 is 1.18 bits per heavy atom. The fourth-order valence-corrected chi connectivity index (χ4v) is 2.00. The van der Waals surface area contributed by atoms with Gasteiger partial charge in [0.05, 0.1) is 5.52 Å². The lowest BCUT2D eigenvalue weighted by molar-refractivity contribution is 0.377. The number of hydrogen-bond donors (Lipinski definition) is 1. The Balaban J connectivity index is 2.37. The Morgan fingerprint density at radius 2 is 1.88 bits per heavy atom. The van der Waals surface area contributed by atoms with Crippen molar-refractivity contribution in [3.05, 3.63) is 41.6 Å². The van der Waals surface area contributed by atoms with Crippen LogP contribution >= 0.6 is 0 Å². The molecule has 0 saturated heterocycles. The highest BCUT2D eigenvalue weighted by molar-refractivity contribution is 5.79. The van der Waals surface area contributed by atoms with Crippen molar-refractivity contribution in [1.29, 1.82) is 0 Å². The van der Waals surface area contributed by atoms with Gasteiger partial charge in [0, 0.05) is 11.1 Å². The van der Waals surface area contributed by atoms with Crippen LogP contribution in [0.2, 0.25) is 0 Å². The molecule has 0 saturated carbocycles. The zero-order valence-electron chi connectivity index (χ0n) is 10.8. The highest BCUT2D eigenvalue weighted by Crippen LogP contribution is 2.22. The van der Waals surface area contributed by atoms with Crippen molar-refractivity contribution >= 4 is 10.9 Å². The molecule has 0 unspecified atom stereocenters. The molecule has 1 aromatic heterocycles. The molecule has 2 heteroatoms. The van der Waals surface area contributed by atoms with Crippen LogP contribution in [0, 0.1) is 12.3 Å². The molecular formula is C15H20N2. The van der Waals surface area contributed by atoms with Crippen LogP contribution in [0.15, 0.2) is 30.3 Å². The number of benzene rings is 1. The van der Waals surface area contributed by atoms with E-state index in [-0.39, 0.29) is 5.41 Å². The Bertz CT molecular complexity index is 529. The second-order valence-electron chi connectivity index (χ2n) is 5.52. The third kappa shape index (κ3) is 2.83. The summed E-state index contributed by atoms with van der Waals surface area (Å²) in [4.78, 5) is 4.56. The van der Waals surface area contributed by atoms with Crippen molar-refractivity contribution in [2.24, 2.45) is 11.1 Å². The molecule has 0 spiro atoms. The SMILES string of the molecule is Cc1ccc2ccc(CC(C)(C)CN)cc2n1. The first kappa shape index (κ1) is 12.1. The van der Waals surface area contributed by atoms with Crippen molar-refractivity contribution < 1.29 is 0 Å². The van der Waals surface area contributed by atoms with Gasteiger partial charge in [0.2, 0.25) is 0 Å². The number of fused-ring (bicyclic) bond motifs is 1. The van der Waals surface area contributed by atoms with Gasteiger partial charge in [0.15, 0.2) is 0 Å². The molecule has 0 atom stereocenters. The second-order valence-corrected chi connectivity index (χ2v) is 5.52. The quantitative estimate of drug-likeness (QED) is 0.876. The van der Waals surface area contributed by atoms with E-state index in [1.807, 2.05) is 13.0 Å². The third-order valence-corrected chi connectivity index (χ3v) is 3.13. The maximum Gasteiger partial charge on any atom is 0.0707 e. The first-order valence-electron chi connectivity index (χ1n) is 6.06. The Kier molecular flexibility index (Phi) is 3.16. The molecular weight excluding hydrogens is 208 g/mol. The number of aryl methyl sites for hydroxylation is 1. The molecule has 2 rings (SSSR count). The van der Waals surface area contributed by atoms with Gasteiger partial charge in [-0.3, -0.25) is 4.98 Å². The second kappa shape index (κ2) is 4.46. The van der Waals surface area contributed by atoms with Crippen molar-refractivity contribution in [2.45, 2.75) is 27.2 Å². The van der Waals surface area contributed by atoms with Crippen molar-refractivity contribution in [1.82, 2.24) is 4.98 Å². The van der Waals surface area contributed by atoms with E-state index in [2.05, 4.69) is 43.1 Å². The lowest BCUT2D eigenvalue weighted by atomic mass is 9.86. The van der Waals surface area contributed by atoms with Crippen LogP contribution in [0.25, 0.3) is 10.9 Å². The number of aromatic nitrogens is 1. The summed E-state index contributed by atoms with van der Waals surface area (Å²) in [5.41, 5.74) is 9.38. The number of rotatable bonds is 3. The summed E-state index contributed by atoms with van der Waals surface area (Å²) in [6, 6.07) is 10.7. The van der Waals surface area contributed by atoms with Gasteiger partial charge < -0.3 is 5.73 Å². The van der Waals surface area contributed by atoms with Gasteiger partial charge in [-0.05, 0) is 43.0 Å². The average molecular weight is 228 g/mol. The standard InChI is InChI=1S/C15H20N2/c1-11-4-6-13-7-5-12(8-14(13)17-11)9-15(2,3)10-16/h4-8H,9-10,16H2,1-3H3. The normalized spacial score (nSPS) is 12.0. The van der Waals surface area contributed by atoms with Gasteiger partial charge in [-0.25, -0.2) is 0 Å². The highest BCUT2D eigenvalue weighted by Gasteiger charge is 2.16. The van der Waals surface area contributed by atoms with Gasteiger partial charge in [-0.1, -0.05) is 32.0 Å². The molecule has 90 valence electrons. The van der Waals surface area contributed by atoms with E-state index >= 15 is 0 Å². The van der Waals surface area contributed by atoms with Crippen LogP contribution in [0.3, 0.4) is 0 Å². The third-order valence-electron chi connectivity index (χ3n) is 3.13. The molecule has 0 aliphatic rings. The van der Waals surface area contributed by atoms with Crippen LogP contribution in [0.1, 0.15) is 25.1 Å². The minimum Gasteiger partial charge on any atom is -0.330 e. The first-order chi connectivity index (χ1) is 8.00. The lowest BCUT2D eigenvalue weighted by Crippen LogP contribution is -2.25. The van der Waals surface area contributed by atoms with E-state index in [1.165, 1.54) is 10.9 Å². The van der Waals surface area contributed by atoms with E-state index in [0.717, 1.165) is 17.6 Å². The van der Waals surface area contributed by atoms with Crippen LogP contribution in [-0.4, -0.2) is 11.5 Å². The Morgan fingerprint density at radius 3 is 2.59 bits per heavy atom. The summed E-state index contributed by atoms with van der Waals surface area (Å²) >= 11 is 0. The summed E-state index contributed by atoms with van der Waals surface area (Å²) in [5.74, 6) is 0. The Labute approximate surface area is 103 Å². The molecule has 0 amide bonds. The van der Waals surface area contributed by atoms with E-state index < -0.39 is 0 Å². The summed E-state index contributed by atoms with van der Waals surface area (Å²) in [6.07, 6.45) is 0.995. The number of nitrogens with two attached hydrogens (primary N) is 1. The monoisotopic (exact) mass is 228 g/mol. The van der Waals surface area contributed by atoms with Crippen LogP contribution in [-0.2, 0) is 6.42 Å². The van der Waals surface area contributed by atoms with Gasteiger partial charge in [-0.15, -0.1) is 0 Å². The summed E-state index contributed by atoms with van der Waals surface area (Å²) in [5, 5.41) is 1.20. The summed E-state index contributed by atoms with van der Waals surface area (Å²) < 4.78 is 0.